The number of halogens is 1. The number of hydrogen-bond acceptors (Lipinski definition) is 7. The van der Waals surface area contributed by atoms with Crippen molar-refractivity contribution in [2.75, 3.05) is 26.0 Å². The molecule has 1 aliphatic carbocycles. The zero-order chi connectivity index (χ0) is 29.0. The van der Waals surface area contributed by atoms with Gasteiger partial charge in [0.1, 0.15) is 0 Å². The van der Waals surface area contributed by atoms with Gasteiger partial charge in [-0.3, -0.25) is 4.79 Å². The molecule has 1 aromatic carbocycles. The minimum absolute atomic E-state index is 0.00667. The van der Waals surface area contributed by atoms with E-state index in [1.807, 2.05) is 18.2 Å². The van der Waals surface area contributed by atoms with Crippen LogP contribution in [0, 0.1) is 5.92 Å². The predicted molar refractivity (Wildman–Crippen MR) is 160 cm³/mol. The number of nitrogens with one attached hydrogen (secondary N) is 2. The van der Waals surface area contributed by atoms with E-state index in [1.165, 1.54) is 0 Å². The highest BCUT2D eigenvalue weighted by atomic mass is 35.5. The highest BCUT2D eigenvalue weighted by Gasteiger charge is 2.39. The number of carbonyl (C=O) groups excluding carboxylic acids is 1. The molecule has 1 aromatic heterocycles. The molecule has 3 heterocycles. The molecular formula is C30H42ClN5O4S. The molecule has 11 heteroatoms. The Morgan fingerprint density at radius 1 is 1.12 bits per heavy atom. The lowest BCUT2D eigenvalue weighted by Gasteiger charge is -2.39. The summed E-state index contributed by atoms with van der Waals surface area (Å²) in [5.41, 5.74) is 8.40. The van der Waals surface area contributed by atoms with Crippen LogP contribution in [0.25, 0.3) is 0 Å². The topological polar surface area (TPSA) is 127 Å². The van der Waals surface area contributed by atoms with Gasteiger partial charge in [-0.2, -0.15) is 4.31 Å². The second-order valence-corrected chi connectivity index (χ2v) is 14.2. The number of carbonyl (C=O) groups is 1. The average Bonchev–Trinajstić information content (AvgIpc) is 3.09. The van der Waals surface area contributed by atoms with Crippen LogP contribution in [-0.2, 0) is 14.8 Å². The van der Waals surface area contributed by atoms with Gasteiger partial charge in [-0.1, -0.05) is 42.6 Å². The Balaban J connectivity index is 1.27. The number of amides is 1. The standard InChI is InChI=1S/C30H42ClN5O4S/c1-40-27-15-11-22(17-34-27)28(21-8-12-23(31)13-9-21)29(32)30(37)35-26-7-3-2-5-20(26)10-14-25-18-33-24-6-4-16-41(38,39)36(25)19-24/h8-9,11-13,15,17,20,24-26,28-29,33H,2-7,10,14,16,18-19,32H2,1H3,(H,35,37). The van der Waals surface area contributed by atoms with Crippen molar-refractivity contribution in [1.82, 2.24) is 19.9 Å². The Bertz CT molecular complexity index is 1280. The van der Waals surface area contributed by atoms with E-state index in [1.54, 1.807) is 35.8 Å². The number of pyridine rings is 1. The first-order chi connectivity index (χ1) is 19.7. The molecule has 2 aromatic rings. The molecule has 2 bridgehead atoms. The van der Waals surface area contributed by atoms with Crippen LogP contribution in [0.15, 0.2) is 42.6 Å². The number of nitrogens with zero attached hydrogens (tertiary/aromatic N) is 2. The van der Waals surface area contributed by atoms with E-state index in [-0.39, 0.29) is 35.7 Å². The summed E-state index contributed by atoms with van der Waals surface area (Å²) in [4.78, 5) is 18.1. The van der Waals surface area contributed by atoms with Crippen LogP contribution in [0.3, 0.4) is 0 Å². The van der Waals surface area contributed by atoms with E-state index in [9.17, 15) is 13.2 Å². The van der Waals surface area contributed by atoms with Crippen LogP contribution in [0.5, 0.6) is 5.88 Å². The lowest BCUT2D eigenvalue weighted by atomic mass is 9.80. The first kappa shape index (κ1) is 30.2. The summed E-state index contributed by atoms with van der Waals surface area (Å²) in [7, 11) is -1.66. The second kappa shape index (κ2) is 13.4. The summed E-state index contributed by atoms with van der Waals surface area (Å²) in [6.07, 6.45) is 9.04. The van der Waals surface area contributed by atoms with E-state index < -0.39 is 22.0 Å². The Kier molecular flexibility index (Phi) is 9.86. The molecule has 9 nitrogen and oxygen atoms in total. The van der Waals surface area contributed by atoms with E-state index in [0.717, 1.165) is 56.1 Å². The first-order valence-electron chi connectivity index (χ1n) is 14.8. The molecule has 3 fully saturated rings. The first-order valence-corrected chi connectivity index (χ1v) is 16.8. The van der Waals surface area contributed by atoms with Crippen molar-refractivity contribution >= 4 is 27.5 Å². The van der Waals surface area contributed by atoms with E-state index in [0.29, 0.717) is 30.4 Å². The SMILES string of the molecule is COc1ccc(C(c2ccc(Cl)cc2)C(N)C(=O)NC2CCCCC2CCC2CNC3CCCS(=O)(=O)N2C3)cn1. The van der Waals surface area contributed by atoms with Gasteiger partial charge in [0.25, 0.3) is 0 Å². The third kappa shape index (κ3) is 7.22. The third-order valence-electron chi connectivity index (χ3n) is 9.09. The van der Waals surface area contributed by atoms with Gasteiger partial charge < -0.3 is 21.1 Å². The summed E-state index contributed by atoms with van der Waals surface area (Å²) in [6, 6.07) is 10.4. The van der Waals surface area contributed by atoms with Crippen molar-refractivity contribution in [3.63, 3.8) is 0 Å². The highest BCUT2D eigenvalue weighted by molar-refractivity contribution is 7.89. The van der Waals surface area contributed by atoms with Crippen LogP contribution in [-0.4, -0.2) is 73.7 Å². The monoisotopic (exact) mass is 603 g/mol. The van der Waals surface area contributed by atoms with E-state index in [2.05, 4.69) is 15.6 Å². The fourth-order valence-corrected chi connectivity index (χ4v) is 8.73. The molecule has 1 amide bonds. The quantitative estimate of drug-likeness (QED) is 0.401. The zero-order valence-corrected chi connectivity index (χ0v) is 25.2. The summed E-state index contributed by atoms with van der Waals surface area (Å²) in [6.45, 7) is 1.26. The van der Waals surface area contributed by atoms with Crippen molar-refractivity contribution in [3.05, 3.63) is 58.7 Å². The minimum atomic E-state index is -3.22. The Morgan fingerprint density at radius 2 is 1.88 bits per heavy atom. The molecule has 2 saturated heterocycles. The maximum absolute atomic E-state index is 13.7. The number of fused-ring (bicyclic) bond motifs is 2. The molecule has 5 rings (SSSR count). The van der Waals surface area contributed by atoms with Gasteiger partial charge >= 0.3 is 0 Å². The predicted octanol–water partition coefficient (Wildman–Crippen LogP) is 3.42. The number of piperazine rings is 1. The van der Waals surface area contributed by atoms with Gasteiger partial charge in [-0.05, 0) is 67.7 Å². The van der Waals surface area contributed by atoms with Crippen LogP contribution in [0.2, 0.25) is 5.02 Å². The molecule has 1 saturated carbocycles. The number of benzene rings is 1. The van der Waals surface area contributed by atoms with Gasteiger partial charge in [0, 0.05) is 54.4 Å². The van der Waals surface area contributed by atoms with Gasteiger partial charge in [-0.15, -0.1) is 0 Å². The number of hydrogen-bond donors (Lipinski definition) is 3. The smallest absolute Gasteiger partial charge is 0.238 e. The average molecular weight is 604 g/mol. The number of sulfonamides is 1. The second-order valence-electron chi connectivity index (χ2n) is 11.7. The van der Waals surface area contributed by atoms with E-state index in [4.69, 9.17) is 22.1 Å². The molecule has 2 aliphatic heterocycles. The largest absolute Gasteiger partial charge is 0.481 e. The maximum Gasteiger partial charge on any atom is 0.238 e. The third-order valence-corrected chi connectivity index (χ3v) is 11.3. The van der Waals surface area contributed by atoms with Crippen LogP contribution < -0.4 is 21.1 Å². The Hall–Kier alpha value is -2.24. The van der Waals surface area contributed by atoms with Gasteiger partial charge in [-0.25, -0.2) is 13.4 Å². The Morgan fingerprint density at radius 3 is 2.61 bits per heavy atom. The number of aromatic nitrogens is 1. The molecule has 0 radical (unpaired) electrons. The molecule has 3 aliphatic rings. The molecule has 0 spiro atoms. The van der Waals surface area contributed by atoms with Crippen molar-refractivity contribution in [3.8, 4) is 5.88 Å². The number of ether oxygens (including phenoxy) is 1. The molecule has 224 valence electrons. The lowest BCUT2D eigenvalue weighted by Crippen LogP contribution is -2.57. The van der Waals surface area contributed by atoms with Gasteiger partial charge in [0.05, 0.1) is 18.9 Å². The molecular weight excluding hydrogens is 562 g/mol. The molecule has 4 N–H and O–H groups in total. The Labute approximate surface area is 248 Å². The number of methoxy groups -OCH3 is 1. The maximum atomic E-state index is 13.7. The molecule has 7 unspecified atom stereocenters. The fraction of sp³-hybridized carbons (Fsp3) is 0.600. The van der Waals surface area contributed by atoms with Crippen molar-refractivity contribution in [1.29, 1.82) is 0 Å². The van der Waals surface area contributed by atoms with Gasteiger partial charge in [0.2, 0.25) is 21.8 Å². The van der Waals surface area contributed by atoms with Crippen molar-refractivity contribution in [2.24, 2.45) is 11.7 Å². The fourth-order valence-electron chi connectivity index (χ4n) is 6.80. The highest BCUT2D eigenvalue weighted by Crippen LogP contribution is 2.33. The number of rotatable bonds is 9. The molecule has 41 heavy (non-hydrogen) atoms. The normalized spacial score (nSPS) is 29.1. The van der Waals surface area contributed by atoms with Crippen molar-refractivity contribution < 1.29 is 17.9 Å². The van der Waals surface area contributed by atoms with Crippen molar-refractivity contribution in [2.45, 2.75) is 81.5 Å². The molecule has 7 atom stereocenters. The van der Waals surface area contributed by atoms with E-state index >= 15 is 0 Å². The summed E-state index contributed by atoms with van der Waals surface area (Å²) < 4.78 is 32.8. The zero-order valence-electron chi connectivity index (χ0n) is 23.7. The number of nitrogens with two attached hydrogens (primary N) is 1. The summed E-state index contributed by atoms with van der Waals surface area (Å²) in [5, 5.41) is 7.47. The van der Waals surface area contributed by atoms with Crippen LogP contribution >= 0.6 is 11.6 Å². The lowest BCUT2D eigenvalue weighted by molar-refractivity contribution is -0.124. The summed E-state index contributed by atoms with van der Waals surface area (Å²) in [5.74, 6) is 0.393. The van der Waals surface area contributed by atoms with Crippen LogP contribution in [0.1, 0.15) is 68.4 Å². The van der Waals surface area contributed by atoms with Gasteiger partial charge in [0.15, 0.2) is 0 Å². The summed E-state index contributed by atoms with van der Waals surface area (Å²) >= 11 is 6.15. The van der Waals surface area contributed by atoms with Crippen LogP contribution in [0.4, 0.5) is 0 Å². The minimum Gasteiger partial charge on any atom is -0.481 e.